The number of nitrogen functional groups attached to an aromatic ring is 1. The normalized spacial score (nSPS) is 26.2. The summed E-state index contributed by atoms with van der Waals surface area (Å²) < 4.78 is 13.5. The quantitative estimate of drug-likeness (QED) is 0.618. The molecule has 88 valence electrons. The number of β-amino-alcohol motifs (C(OH)–C–C–N with tert-alkyl or cyclic N) is 2. The molecule has 4 nitrogen and oxygen atoms in total. The molecular formula is C11H15FN2O2. The number of likely N-dealkylation sites (tertiary alicyclic amines) is 1. The fraction of sp³-hybridized carbons (Fsp3) is 0.455. The van der Waals surface area contributed by atoms with Gasteiger partial charge in [-0.3, -0.25) is 4.90 Å². The molecule has 0 spiro atoms. The number of nitrogens with zero attached hydrogens (tertiary/aromatic N) is 1. The highest BCUT2D eigenvalue weighted by Crippen LogP contribution is 2.20. The molecule has 2 unspecified atom stereocenters. The van der Waals surface area contributed by atoms with Crippen LogP contribution in [0.25, 0.3) is 0 Å². The molecule has 5 heteroatoms. The zero-order valence-corrected chi connectivity index (χ0v) is 8.81. The van der Waals surface area contributed by atoms with Gasteiger partial charge in [0.1, 0.15) is 5.82 Å². The first-order chi connectivity index (χ1) is 7.58. The van der Waals surface area contributed by atoms with Gasteiger partial charge in [0.15, 0.2) is 0 Å². The average Bonchev–Trinajstić information content (AvgIpc) is 2.53. The molecule has 0 bridgehead atoms. The van der Waals surface area contributed by atoms with Gasteiger partial charge in [-0.25, -0.2) is 4.39 Å². The summed E-state index contributed by atoms with van der Waals surface area (Å²) in [5.41, 5.74) is 6.50. The standard InChI is InChI=1S/C11H15FN2O2/c12-8-2-1-3-9(13)7(8)4-14-5-10(15)11(16)6-14/h1-3,10-11,15-16H,4-6,13H2. The third-order valence-corrected chi connectivity index (χ3v) is 2.87. The maximum absolute atomic E-state index is 13.5. The molecule has 0 amide bonds. The molecule has 1 aliphatic rings. The van der Waals surface area contributed by atoms with Crippen molar-refractivity contribution in [1.29, 1.82) is 0 Å². The van der Waals surface area contributed by atoms with Crippen LogP contribution >= 0.6 is 0 Å². The minimum atomic E-state index is -0.756. The van der Waals surface area contributed by atoms with Gasteiger partial charge in [0.2, 0.25) is 0 Å². The number of aliphatic hydroxyl groups excluding tert-OH is 2. The van der Waals surface area contributed by atoms with E-state index in [1.807, 2.05) is 0 Å². The summed E-state index contributed by atoms with van der Waals surface area (Å²) in [5, 5.41) is 18.7. The highest BCUT2D eigenvalue weighted by Gasteiger charge is 2.30. The van der Waals surface area contributed by atoms with Crippen molar-refractivity contribution < 1.29 is 14.6 Å². The van der Waals surface area contributed by atoms with Crippen molar-refractivity contribution in [3.8, 4) is 0 Å². The number of hydrogen-bond acceptors (Lipinski definition) is 4. The molecule has 0 aromatic heterocycles. The van der Waals surface area contributed by atoms with Crippen molar-refractivity contribution in [3.05, 3.63) is 29.6 Å². The van der Waals surface area contributed by atoms with Crippen molar-refractivity contribution in [1.82, 2.24) is 4.90 Å². The smallest absolute Gasteiger partial charge is 0.129 e. The number of benzene rings is 1. The lowest BCUT2D eigenvalue weighted by atomic mass is 10.1. The third kappa shape index (κ3) is 2.16. The van der Waals surface area contributed by atoms with Crippen molar-refractivity contribution in [2.24, 2.45) is 0 Å². The Balaban J connectivity index is 2.10. The van der Waals surface area contributed by atoms with Crippen molar-refractivity contribution >= 4 is 5.69 Å². The average molecular weight is 226 g/mol. The van der Waals surface area contributed by atoms with Crippen LogP contribution in [0.15, 0.2) is 18.2 Å². The second-order valence-corrected chi connectivity index (χ2v) is 4.14. The maximum atomic E-state index is 13.5. The van der Waals surface area contributed by atoms with Gasteiger partial charge in [0.05, 0.1) is 12.2 Å². The summed E-state index contributed by atoms with van der Waals surface area (Å²) in [6.07, 6.45) is -1.51. The van der Waals surface area contributed by atoms with Crippen LogP contribution in [0.3, 0.4) is 0 Å². The van der Waals surface area contributed by atoms with Gasteiger partial charge < -0.3 is 15.9 Å². The van der Waals surface area contributed by atoms with E-state index in [2.05, 4.69) is 0 Å². The van der Waals surface area contributed by atoms with Crippen LogP contribution < -0.4 is 5.73 Å². The molecule has 1 aliphatic heterocycles. The van der Waals surface area contributed by atoms with E-state index >= 15 is 0 Å². The zero-order chi connectivity index (χ0) is 11.7. The Morgan fingerprint density at radius 1 is 1.31 bits per heavy atom. The van der Waals surface area contributed by atoms with Crippen LogP contribution in [-0.2, 0) is 6.54 Å². The third-order valence-electron chi connectivity index (χ3n) is 2.87. The molecule has 4 N–H and O–H groups in total. The van der Waals surface area contributed by atoms with Gasteiger partial charge in [-0.05, 0) is 12.1 Å². The summed E-state index contributed by atoms with van der Waals surface area (Å²) >= 11 is 0. The topological polar surface area (TPSA) is 69.7 Å². The molecule has 1 heterocycles. The second kappa shape index (κ2) is 4.37. The van der Waals surface area contributed by atoms with E-state index in [-0.39, 0.29) is 5.82 Å². The number of anilines is 1. The summed E-state index contributed by atoms with van der Waals surface area (Å²) in [4.78, 5) is 1.78. The van der Waals surface area contributed by atoms with Gasteiger partial charge in [0.25, 0.3) is 0 Å². The molecule has 16 heavy (non-hydrogen) atoms. The van der Waals surface area contributed by atoms with Gasteiger partial charge >= 0.3 is 0 Å². The Bertz CT molecular complexity index is 356. The van der Waals surface area contributed by atoms with E-state index in [0.29, 0.717) is 30.9 Å². The monoisotopic (exact) mass is 226 g/mol. The van der Waals surface area contributed by atoms with Gasteiger partial charge in [-0.2, -0.15) is 0 Å². The van der Waals surface area contributed by atoms with Crippen LogP contribution in [-0.4, -0.2) is 40.4 Å². The van der Waals surface area contributed by atoms with Crippen LogP contribution in [0.2, 0.25) is 0 Å². The lowest BCUT2D eigenvalue weighted by Crippen LogP contribution is -2.22. The fourth-order valence-electron chi connectivity index (χ4n) is 1.94. The van der Waals surface area contributed by atoms with Crippen LogP contribution in [0.4, 0.5) is 10.1 Å². The molecule has 2 atom stereocenters. The van der Waals surface area contributed by atoms with Gasteiger partial charge in [0, 0.05) is 30.9 Å². The van der Waals surface area contributed by atoms with Crippen LogP contribution in [0, 0.1) is 5.82 Å². The number of hydrogen-bond donors (Lipinski definition) is 3. The van der Waals surface area contributed by atoms with Crippen molar-refractivity contribution in [3.63, 3.8) is 0 Å². The zero-order valence-electron chi connectivity index (χ0n) is 8.81. The van der Waals surface area contributed by atoms with E-state index in [9.17, 15) is 14.6 Å². The number of halogens is 1. The Kier molecular flexibility index (Phi) is 3.09. The molecule has 1 aromatic carbocycles. The first-order valence-corrected chi connectivity index (χ1v) is 5.19. The first-order valence-electron chi connectivity index (χ1n) is 5.19. The van der Waals surface area contributed by atoms with Crippen molar-refractivity contribution in [2.45, 2.75) is 18.8 Å². The number of nitrogens with two attached hydrogens (primary N) is 1. The predicted octanol–water partition coefficient (Wildman–Crippen LogP) is -0.0547. The minimum Gasteiger partial charge on any atom is -0.398 e. The molecule has 1 fully saturated rings. The molecule has 2 rings (SSSR count). The lowest BCUT2D eigenvalue weighted by Gasteiger charge is -2.16. The van der Waals surface area contributed by atoms with Gasteiger partial charge in [-0.15, -0.1) is 0 Å². The summed E-state index contributed by atoms with van der Waals surface area (Å²) in [5.74, 6) is -0.351. The summed E-state index contributed by atoms with van der Waals surface area (Å²) in [6, 6.07) is 4.55. The van der Waals surface area contributed by atoms with E-state index in [4.69, 9.17) is 5.73 Å². The van der Waals surface area contributed by atoms with E-state index in [1.165, 1.54) is 6.07 Å². The molecule has 0 radical (unpaired) electrons. The van der Waals surface area contributed by atoms with Gasteiger partial charge in [-0.1, -0.05) is 6.07 Å². The minimum absolute atomic E-state index is 0.312. The molecule has 0 saturated carbocycles. The molecule has 0 aliphatic carbocycles. The fourth-order valence-corrected chi connectivity index (χ4v) is 1.94. The Morgan fingerprint density at radius 2 is 1.94 bits per heavy atom. The Morgan fingerprint density at radius 3 is 2.50 bits per heavy atom. The van der Waals surface area contributed by atoms with E-state index < -0.39 is 12.2 Å². The molecular weight excluding hydrogens is 211 g/mol. The largest absolute Gasteiger partial charge is 0.398 e. The summed E-state index contributed by atoms with van der Waals surface area (Å²) in [7, 11) is 0. The highest BCUT2D eigenvalue weighted by atomic mass is 19.1. The van der Waals surface area contributed by atoms with Crippen LogP contribution in [0.5, 0.6) is 0 Å². The Labute approximate surface area is 93.1 Å². The summed E-state index contributed by atoms with van der Waals surface area (Å²) in [6.45, 7) is 0.997. The first kappa shape index (κ1) is 11.3. The molecule has 1 saturated heterocycles. The predicted molar refractivity (Wildman–Crippen MR) is 58.1 cm³/mol. The SMILES string of the molecule is Nc1cccc(F)c1CN1CC(O)C(O)C1. The lowest BCUT2D eigenvalue weighted by molar-refractivity contribution is 0.0572. The van der Waals surface area contributed by atoms with E-state index in [1.54, 1.807) is 17.0 Å². The second-order valence-electron chi connectivity index (χ2n) is 4.14. The van der Waals surface area contributed by atoms with E-state index in [0.717, 1.165) is 0 Å². The number of rotatable bonds is 2. The maximum Gasteiger partial charge on any atom is 0.129 e. The van der Waals surface area contributed by atoms with Crippen molar-refractivity contribution in [2.75, 3.05) is 18.8 Å². The molecule has 1 aromatic rings. The Hall–Kier alpha value is -1.17. The number of aliphatic hydroxyl groups is 2. The highest BCUT2D eigenvalue weighted by molar-refractivity contribution is 5.47. The van der Waals surface area contributed by atoms with Crippen LogP contribution in [0.1, 0.15) is 5.56 Å².